The summed E-state index contributed by atoms with van der Waals surface area (Å²) in [6.07, 6.45) is 4.88. The Hall–Kier alpha value is -0.935. The maximum absolute atomic E-state index is 9.97. The number of rotatable bonds is 1. The molecule has 116 valence electrons. The highest BCUT2D eigenvalue weighted by Gasteiger charge is 2.60. The molecule has 1 aromatic carbocycles. The highest BCUT2D eigenvalue weighted by Crippen LogP contribution is 2.62. The zero-order valence-corrected chi connectivity index (χ0v) is 14.0. The molecule has 3 nitrogen and oxygen atoms in total. The van der Waals surface area contributed by atoms with E-state index >= 15 is 0 Å². The molecule has 1 saturated carbocycles. The van der Waals surface area contributed by atoms with Gasteiger partial charge in [0.1, 0.15) is 5.54 Å². The van der Waals surface area contributed by atoms with Crippen molar-refractivity contribution in [2.24, 2.45) is 16.1 Å². The van der Waals surface area contributed by atoms with Gasteiger partial charge in [0, 0.05) is 11.2 Å². The molecule has 1 atom stereocenters. The summed E-state index contributed by atoms with van der Waals surface area (Å²) in [7, 11) is 1.06. The van der Waals surface area contributed by atoms with Gasteiger partial charge in [-0.05, 0) is 43.2 Å². The van der Waals surface area contributed by atoms with Gasteiger partial charge in [-0.1, -0.05) is 42.2 Å². The third kappa shape index (κ3) is 1.91. The summed E-state index contributed by atoms with van der Waals surface area (Å²) >= 11 is 1.70. The average molecular weight is 314 g/mol. The third-order valence-electron chi connectivity index (χ3n) is 6.08. The van der Waals surface area contributed by atoms with E-state index in [1.807, 2.05) is 0 Å². The van der Waals surface area contributed by atoms with E-state index in [2.05, 4.69) is 25.0 Å². The van der Waals surface area contributed by atoms with Crippen molar-refractivity contribution < 1.29 is 5.11 Å². The molecular formula is C17H23BN2OS. The largest absolute Gasteiger partial charge is 0.393 e. The molecule has 0 saturated heterocycles. The van der Waals surface area contributed by atoms with E-state index in [0.29, 0.717) is 0 Å². The molecule has 4 rings (SSSR count). The van der Waals surface area contributed by atoms with E-state index in [0.717, 1.165) is 50.3 Å². The second-order valence-corrected chi connectivity index (χ2v) is 8.13. The molecule has 3 N–H and O–H groups in total. The lowest BCUT2D eigenvalue weighted by atomic mass is 9.62. The molecule has 22 heavy (non-hydrogen) atoms. The van der Waals surface area contributed by atoms with Gasteiger partial charge in [-0.15, -0.1) is 0 Å². The van der Waals surface area contributed by atoms with Gasteiger partial charge in [-0.2, -0.15) is 0 Å². The summed E-state index contributed by atoms with van der Waals surface area (Å²) in [5.74, 6) is 0.967. The SMILES string of the molecule is CBc1ccc2c(c1)C1(CSC(N)=N1)C1(CCC(O)CC1)C2. The second-order valence-electron chi connectivity index (χ2n) is 7.13. The molecule has 3 aliphatic rings. The number of aliphatic hydroxyl groups excluding tert-OH is 1. The van der Waals surface area contributed by atoms with Crippen LogP contribution in [0.2, 0.25) is 6.82 Å². The van der Waals surface area contributed by atoms with Crippen molar-refractivity contribution in [3.05, 3.63) is 29.3 Å². The molecule has 1 unspecified atom stereocenters. The number of fused-ring (bicyclic) bond motifs is 3. The summed E-state index contributed by atoms with van der Waals surface area (Å²) in [4.78, 5) is 5.01. The zero-order chi connectivity index (χ0) is 15.4. The number of amidine groups is 1. The Kier molecular flexibility index (Phi) is 3.35. The summed E-state index contributed by atoms with van der Waals surface area (Å²) in [5, 5.41) is 10.7. The molecule has 0 amide bonds. The van der Waals surface area contributed by atoms with E-state index < -0.39 is 0 Å². The maximum Gasteiger partial charge on any atom is 0.154 e. The molecule has 5 heteroatoms. The number of hydrogen-bond donors (Lipinski definition) is 2. The van der Waals surface area contributed by atoms with Crippen LogP contribution in [0.25, 0.3) is 0 Å². The van der Waals surface area contributed by atoms with Crippen LogP contribution in [0.1, 0.15) is 36.8 Å². The molecule has 1 heterocycles. The minimum atomic E-state index is -0.150. The molecule has 0 radical (unpaired) electrons. The van der Waals surface area contributed by atoms with Gasteiger partial charge >= 0.3 is 0 Å². The Bertz CT molecular complexity index is 640. The average Bonchev–Trinajstić information content (AvgIpc) is 3.04. The minimum absolute atomic E-state index is 0.132. The molecule has 0 aromatic heterocycles. The Morgan fingerprint density at radius 2 is 2.14 bits per heavy atom. The summed E-state index contributed by atoms with van der Waals surface area (Å²) in [6.45, 7) is 2.21. The molecular weight excluding hydrogens is 291 g/mol. The Morgan fingerprint density at radius 3 is 2.77 bits per heavy atom. The number of thioether (sulfide) groups is 1. The van der Waals surface area contributed by atoms with Crippen molar-refractivity contribution in [2.45, 2.75) is 50.6 Å². The fourth-order valence-corrected chi connectivity index (χ4v) is 5.87. The van der Waals surface area contributed by atoms with E-state index in [1.54, 1.807) is 11.8 Å². The van der Waals surface area contributed by atoms with Crippen LogP contribution in [-0.2, 0) is 12.0 Å². The number of nitrogens with zero attached hydrogens (tertiary/aromatic N) is 1. The van der Waals surface area contributed by atoms with Crippen LogP contribution in [0.5, 0.6) is 0 Å². The quantitative estimate of drug-likeness (QED) is 0.773. The fourth-order valence-electron chi connectivity index (χ4n) is 4.77. The Morgan fingerprint density at radius 1 is 1.36 bits per heavy atom. The fraction of sp³-hybridized carbons (Fsp3) is 0.588. The van der Waals surface area contributed by atoms with E-state index in [9.17, 15) is 5.11 Å². The van der Waals surface area contributed by atoms with Crippen molar-refractivity contribution in [3.8, 4) is 0 Å². The molecule has 0 bridgehead atoms. The highest BCUT2D eigenvalue weighted by atomic mass is 32.2. The summed E-state index contributed by atoms with van der Waals surface area (Å²) < 4.78 is 0. The predicted molar refractivity (Wildman–Crippen MR) is 95.5 cm³/mol. The first-order valence-corrected chi connectivity index (χ1v) is 9.36. The van der Waals surface area contributed by atoms with Crippen LogP contribution in [-0.4, -0.2) is 29.4 Å². The monoisotopic (exact) mass is 314 g/mol. The smallest absolute Gasteiger partial charge is 0.154 e. The predicted octanol–water partition coefficient (Wildman–Crippen LogP) is 1.53. The maximum atomic E-state index is 9.97. The van der Waals surface area contributed by atoms with Gasteiger partial charge in [0.05, 0.1) is 6.10 Å². The number of aliphatic hydroxyl groups is 1. The minimum Gasteiger partial charge on any atom is -0.393 e. The van der Waals surface area contributed by atoms with Crippen molar-refractivity contribution in [1.82, 2.24) is 0 Å². The lowest BCUT2D eigenvalue weighted by molar-refractivity contribution is 0.0281. The molecule has 1 aliphatic heterocycles. The lowest BCUT2D eigenvalue weighted by Crippen LogP contribution is -2.45. The van der Waals surface area contributed by atoms with E-state index in [1.165, 1.54) is 16.6 Å². The van der Waals surface area contributed by atoms with Crippen molar-refractivity contribution in [1.29, 1.82) is 0 Å². The van der Waals surface area contributed by atoms with Crippen LogP contribution < -0.4 is 11.2 Å². The van der Waals surface area contributed by atoms with Crippen molar-refractivity contribution in [2.75, 3.05) is 5.75 Å². The first-order valence-electron chi connectivity index (χ1n) is 8.37. The van der Waals surface area contributed by atoms with Crippen LogP contribution in [0.4, 0.5) is 0 Å². The van der Waals surface area contributed by atoms with E-state index in [-0.39, 0.29) is 17.1 Å². The van der Waals surface area contributed by atoms with Crippen LogP contribution in [0, 0.1) is 5.41 Å². The highest BCUT2D eigenvalue weighted by molar-refractivity contribution is 8.14. The Labute approximate surface area is 137 Å². The second kappa shape index (κ2) is 5.03. The first-order chi connectivity index (χ1) is 10.6. The molecule has 2 aliphatic carbocycles. The zero-order valence-electron chi connectivity index (χ0n) is 13.1. The van der Waals surface area contributed by atoms with Gasteiger partial charge in [0.15, 0.2) is 12.4 Å². The Balaban J connectivity index is 1.85. The number of benzene rings is 1. The first kappa shape index (κ1) is 14.6. The van der Waals surface area contributed by atoms with Crippen LogP contribution in [0.3, 0.4) is 0 Å². The van der Waals surface area contributed by atoms with Crippen molar-refractivity contribution in [3.63, 3.8) is 0 Å². The van der Waals surface area contributed by atoms with E-state index in [4.69, 9.17) is 10.7 Å². The number of aliphatic imine (C=N–C) groups is 1. The van der Waals surface area contributed by atoms with Gasteiger partial charge < -0.3 is 10.8 Å². The van der Waals surface area contributed by atoms with Gasteiger partial charge in [0.25, 0.3) is 0 Å². The normalized spacial score (nSPS) is 36.6. The van der Waals surface area contributed by atoms with Gasteiger partial charge in [-0.3, -0.25) is 0 Å². The standard InChI is InChI=1S/C17H23BN2OS/c1-18-12-3-2-11-9-16(6-4-13(21)5-7-16)17(14(11)8-12)10-22-15(19)20-17/h2-3,8,13,18,21H,4-7,9-10H2,1H3,(H2,19,20). The van der Waals surface area contributed by atoms with Crippen LogP contribution >= 0.6 is 11.8 Å². The summed E-state index contributed by atoms with van der Waals surface area (Å²) in [6, 6.07) is 6.95. The number of nitrogens with two attached hydrogens (primary N) is 1. The summed E-state index contributed by atoms with van der Waals surface area (Å²) in [5.41, 5.74) is 10.4. The number of hydrogen-bond acceptors (Lipinski definition) is 4. The van der Waals surface area contributed by atoms with Crippen molar-refractivity contribution >= 4 is 29.7 Å². The van der Waals surface area contributed by atoms with Gasteiger partial charge in [0.2, 0.25) is 0 Å². The topological polar surface area (TPSA) is 58.6 Å². The molecule has 2 spiro atoms. The lowest BCUT2D eigenvalue weighted by Gasteiger charge is -2.45. The van der Waals surface area contributed by atoms with Crippen LogP contribution in [0.15, 0.2) is 23.2 Å². The molecule has 1 aromatic rings. The third-order valence-corrected chi connectivity index (χ3v) is 7.03. The van der Waals surface area contributed by atoms with Gasteiger partial charge in [-0.25, -0.2) is 4.99 Å². The molecule has 1 fully saturated rings.